The maximum atomic E-state index is 13.6. The SMILES string of the molecule is Cc1nnc(C(C)C)n1C1CC2CC[C@@H](C1)N2CC[C@H](NC(=O)C1CCC(F)(F)CC1)c1ccccc1. The highest BCUT2D eigenvalue weighted by molar-refractivity contribution is 5.79. The Balaban J connectivity index is 1.24. The maximum Gasteiger partial charge on any atom is 0.248 e. The van der Waals surface area contributed by atoms with Gasteiger partial charge in [0.25, 0.3) is 0 Å². The van der Waals surface area contributed by atoms with Crippen molar-refractivity contribution in [2.24, 2.45) is 5.92 Å². The molecule has 2 aromatic rings. The molecule has 2 bridgehead atoms. The Hall–Kier alpha value is -2.35. The van der Waals surface area contributed by atoms with Gasteiger partial charge in [0.1, 0.15) is 11.6 Å². The van der Waals surface area contributed by atoms with Gasteiger partial charge in [0.2, 0.25) is 11.8 Å². The van der Waals surface area contributed by atoms with Crippen LogP contribution in [0.2, 0.25) is 0 Å². The van der Waals surface area contributed by atoms with E-state index in [4.69, 9.17) is 0 Å². The molecule has 0 spiro atoms. The molecule has 1 amide bonds. The summed E-state index contributed by atoms with van der Waals surface area (Å²) in [6.07, 6.45) is 5.59. The molecule has 3 aliphatic rings. The fourth-order valence-corrected chi connectivity index (χ4v) is 6.93. The zero-order chi connectivity index (χ0) is 26.2. The first-order valence-electron chi connectivity index (χ1n) is 14.1. The number of piperidine rings is 1. The van der Waals surface area contributed by atoms with Gasteiger partial charge in [-0.15, -0.1) is 10.2 Å². The van der Waals surface area contributed by atoms with E-state index in [1.165, 1.54) is 12.8 Å². The lowest BCUT2D eigenvalue weighted by Crippen LogP contribution is -2.45. The Morgan fingerprint density at radius 3 is 2.30 bits per heavy atom. The number of rotatable bonds is 8. The van der Waals surface area contributed by atoms with Gasteiger partial charge in [-0.1, -0.05) is 44.2 Å². The van der Waals surface area contributed by atoms with Gasteiger partial charge >= 0.3 is 0 Å². The van der Waals surface area contributed by atoms with E-state index < -0.39 is 5.92 Å². The highest BCUT2D eigenvalue weighted by Crippen LogP contribution is 2.42. The van der Waals surface area contributed by atoms with Crippen LogP contribution in [0, 0.1) is 12.8 Å². The summed E-state index contributed by atoms with van der Waals surface area (Å²) in [5.41, 5.74) is 1.08. The standard InChI is InChI=1S/C29H41F2N5O/c1-19(2)27-34-33-20(3)36(27)25-17-23-9-10-24(18-25)35(23)16-13-26(21-7-5-4-6-8-21)32-28(37)22-11-14-29(30,31)15-12-22/h4-8,19,22-26H,9-18H2,1-3H3,(H,32,37)/t23-,24?,25?,26-/m0/s1. The van der Waals surface area contributed by atoms with Crippen molar-refractivity contribution in [2.45, 2.75) is 115 Å². The molecule has 4 atom stereocenters. The van der Waals surface area contributed by atoms with Crippen LogP contribution in [0.5, 0.6) is 0 Å². The number of nitrogens with zero attached hydrogens (tertiary/aromatic N) is 4. The number of hydrogen-bond donors (Lipinski definition) is 1. The van der Waals surface area contributed by atoms with E-state index in [0.717, 1.165) is 43.0 Å². The van der Waals surface area contributed by atoms with Gasteiger partial charge in [0, 0.05) is 49.3 Å². The molecular formula is C29H41F2N5O. The summed E-state index contributed by atoms with van der Waals surface area (Å²) in [5, 5.41) is 12.1. The lowest BCUT2D eigenvalue weighted by atomic mass is 9.86. The summed E-state index contributed by atoms with van der Waals surface area (Å²) in [5.74, 6) is -0.572. The summed E-state index contributed by atoms with van der Waals surface area (Å²) >= 11 is 0. The lowest BCUT2D eigenvalue weighted by molar-refractivity contribution is -0.130. The minimum absolute atomic E-state index is 0.0738. The van der Waals surface area contributed by atoms with Crippen LogP contribution in [-0.2, 0) is 4.79 Å². The van der Waals surface area contributed by atoms with E-state index in [1.807, 2.05) is 18.2 Å². The van der Waals surface area contributed by atoms with E-state index in [-0.39, 0.29) is 43.6 Å². The van der Waals surface area contributed by atoms with Crippen molar-refractivity contribution in [2.75, 3.05) is 6.54 Å². The number of aryl methyl sites for hydroxylation is 1. The first-order valence-corrected chi connectivity index (χ1v) is 14.1. The second-order valence-corrected chi connectivity index (χ2v) is 11.8. The Kier molecular flexibility index (Phi) is 7.66. The van der Waals surface area contributed by atoms with E-state index in [9.17, 15) is 13.6 Å². The van der Waals surface area contributed by atoms with Gasteiger partial charge in [-0.2, -0.15) is 0 Å². The minimum atomic E-state index is -2.62. The van der Waals surface area contributed by atoms with Crippen molar-refractivity contribution in [1.29, 1.82) is 0 Å². The average molecular weight is 514 g/mol. The second-order valence-electron chi connectivity index (χ2n) is 11.8. The minimum Gasteiger partial charge on any atom is -0.349 e. The molecule has 37 heavy (non-hydrogen) atoms. The van der Waals surface area contributed by atoms with Crippen LogP contribution >= 0.6 is 0 Å². The van der Waals surface area contributed by atoms with Crippen molar-refractivity contribution < 1.29 is 13.6 Å². The predicted octanol–water partition coefficient (Wildman–Crippen LogP) is 5.95. The highest BCUT2D eigenvalue weighted by Gasteiger charge is 2.42. The van der Waals surface area contributed by atoms with Gasteiger partial charge in [0.15, 0.2) is 0 Å². The van der Waals surface area contributed by atoms with Crippen molar-refractivity contribution >= 4 is 5.91 Å². The summed E-state index contributed by atoms with van der Waals surface area (Å²) in [6.45, 7) is 7.34. The summed E-state index contributed by atoms with van der Waals surface area (Å²) < 4.78 is 29.6. The smallest absolute Gasteiger partial charge is 0.248 e. The van der Waals surface area contributed by atoms with Gasteiger partial charge in [-0.3, -0.25) is 9.69 Å². The van der Waals surface area contributed by atoms with E-state index in [0.29, 0.717) is 24.0 Å². The number of halogens is 2. The third kappa shape index (κ3) is 5.74. The van der Waals surface area contributed by atoms with Gasteiger partial charge in [-0.05, 0) is 57.4 Å². The van der Waals surface area contributed by atoms with E-state index >= 15 is 0 Å². The summed E-state index contributed by atoms with van der Waals surface area (Å²) in [7, 11) is 0. The Bertz CT molecular complexity index is 1050. The lowest BCUT2D eigenvalue weighted by Gasteiger charge is -2.40. The molecule has 2 aliphatic heterocycles. The fourth-order valence-electron chi connectivity index (χ4n) is 6.93. The molecular weight excluding hydrogens is 472 g/mol. The topological polar surface area (TPSA) is 63.1 Å². The molecule has 1 N–H and O–H groups in total. The fraction of sp³-hybridized carbons (Fsp3) is 0.690. The number of carbonyl (C=O) groups is 1. The number of aromatic nitrogens is 3. The van der Waals surface area contributed by atoms with Gasteiger partial charge < -0.3 is 9.88 Å². The number of hydrogen-bond acceptors (Lipinski definition) is 4. The molecule has 1 saturated carbocycles. The van der Waals surface area contributed by atoms with Gasteiger partial charge in [0.05, 0.1) is 6.04 Å². The van der Waals surface area contributed by atoms with Crippen LogP contribution in [-0.4, -0.2) is 50.1 Å². The monoisotopic (exact) mass is 513 g/mol. The van der Waals surface area contributed by atoms with Crippen molar-refractivity contribution in [3.63, 3.8) is 0 Å². The number of benzene rings is 1. The Morgan fingerprint density at radius 2 is 1.68 bits per heavy atom. The van der Waals surface area contributed by atoms with Crippen LogP contribution in [0.25, 0.3) is 0 Å². The van der Waals surface area contributed by atoms with Crippen molar-refractivity contribution in [3.05, 3.63) is 47.5 Å². The molecule has 8 heteroatoms. The molecule has 202 valence electrons. The zero-order valence-corrected chi connectivity index (χ0v) is 22.4. The molecule has 6 nitrogen and oxygen atoms in total. The van der Waals surface area contributed by atoms with Crippen LogP contribution in [0.15, 0.2) is 30.3 Å². The van der Waals surface area contributed by atoms with Crippen LogP contribution in [0.1, 0.15) is 107 Å². The number of carbonyl (C=O) groups excluding carboxylic acids is 1. The molecule has 1 aliphatic carbocycles. The molecule has 3 fully saturated rings. The average Bonchev–Trinajstić information content (AvgIpc) is 3.37. The van der Waals surface area contributed by atoms with Crippen molar-refractivity contribution in [1.82, 2.24) is 25.0 Å². The number of amides is 1. The predicted molar refractivity (Wildman–Crippen MR) is 139 cm³/mol. The molecule has 1 aromatic heterocycles. The maximum absolute atomic E-state index is 13.6. The molecule has 1 aromatic carbocycles. The normalized spacial score (nSPS) is 26.9. The van der Waals surface area contributed by atoms with Gasteiger partial charge in [-0.25, -0.2) is 8.78 Å². The van der Waals surface area contributed by atoms with Crippen molar-refractivity contribution in [3.8, 4) is 0 Å². The molecule has 2 saturated heterocycles. The summed E-state index contributed by atoms with van der Waals surface area (Å²) in [4.78, 5) is 15.8. The first kappa shape index (κ1) is 26.3. The molecule has 2 unspecified atom stereocenters. The second kappa shape index (κ2) is 10.8. The number of fused-ring (bicyclic) bond motifs is 2. The molecule has 5 rings (SSSR count). The van der Waals surface area contributed by atoms with E-state index in [2.05, 4.69) is 57.9 Å². The third-order valence-corrected chi connectivity index (χ3v) is 8.92. The largest absolute Gasteiger partial charge is 0.349 e. The third-order valence-electron chi connectivity index (χ3n) is 8.92. The highest BCUT2D eigenvalue weighted by atomic mass is 19.3. The Labute approximate surface area is 219 Å². The van der Waals surface area contributed by atoms with Crippen LogP contribution in [0.3, 0.4) is 0 Å². The van der Waals surface area contributed by atoms with Crippen LogP contribution < -0.4 is 5.32 Å². The molecule has 0 radical (unpaired) electrons. The first-order chi connectivity index (χ1) is 17.7. The number of alkyl halides is 2. The summed E-state index contributed by atoms with van der Waals surface area (Å²) in [6, 6.07) is 11.5. The molecule has 3 heterocycles. The Morgan fingerprint density at radius 1 is 1.03 bits per heavy atom. The van der Waals surface area contributed by atoms with Crippen LogP contribution in [0.4, 0.5) is 8.78 Å². The van der Waals surface area contributed by atoms with E-state index in [1.54, 1.807) is 0 Å². The zero-order valence-electron chi connectivity index (χ0n) is 22.4. The number of nitrogens with one attached hydrogen (secondary N) is 1. The quantitative estimate of drug-likeness (QED) is 0.474.